The number of fused-ring (bicyclic) bond motifs is 1. The Morgan fingerprint density at radius 2 is 2.00 bits per heavy atom. The highest BCUT2D eigenvalue weighted by molar-refractivity contribution is 5.82. The van der Waals surface area contributed by atoms with Gasteiger partial charge in [-0.3, -0.25) is 9.69 Å². The maximum absolute atomic E-state index is 12.5. The van der Waals surface area contributed by atoms with E-state index < -0.39 is 0 Å². The minimum Gasteiger partial charge on any atom is -0.340 e. The van der Waals surface area contributed by atoms with Crippen LogP contribution in [0.2, 0.25) is 0 Å². The smallest absolute Gasteiger partial charge is 0.241 e. The Bertz CT molecular complexity index is 303. The number of nitrogens with zero attached hydrogens (tertiary/aromatic N) is 2. The van der Waals surface area contributed by atoms with Crippen LogP contribution in [0.15, 0.2) is 0 Å². The Labute approximate surface area is 109 Å². The lowest BCUT2D eigenvalue weighted by atomic mass is 10.1. The number of hydrogen-bond donors (Lipinski definition) is 2. The van der Waals surface area contributed by atoms with Crippen molar-refractivity contribution < 1.29 is 4.79 Å². The van der Waals surface area contributed by atoms with E-state index in [1.807, 2.05) is 0 Å². The molecule has 0 aromatic heterocycles. The van der Waals surface area contributed by atoms with Crippen LogP contribution in [-0.2, 0) is 4.79 Å². The molecule has 102 valence electrons. The van der Waals surface area contributed by atoms with Crippen molar-refractivity contribution in [2.75, 3.05) is 45.8 Å². The molecule has 0 aliphatic carbocycles. The van der Waals surface area contributed by atoms with Gasteiger partial charge in [-0.1, -0.05) is 0 Å². The lowest BCUT2D eigenvalue weighted by Crippen LogP contribution is -2.57. The molecule has 18 heavy (non-hydrogen) atoms. The van der Waals surface area contributed by atoms with Crippen molar-refractivity contribution in [3.63, 3.8) is 0 Å². The summed E-state index contributed by atoms with van der Waals surface area (Å²) in [4.78, 5) is 17.2. The van der Waals surface area contributed by atoms with E-state index in [0.717, 1.165) is 39.1 Å². The summed E-state index contributed by atoms with van der Waals surface area (Å²) >= 11 is 0. The number of carbonyl (C=O) groups is 1. The number of amides is 1. The summed E-state index contributed by atoms with van der Waals surface area (Å²) < 4.78 is 0. The Morgan fingerprint density at radius 1 is 1.11 bits per heavy atom. The molecule has 3 rings (SSSR count). The molecular weight excluding hydrogens is 228 g/mol. The van der Waals surface area contributed by atoms with Gasteiger partial charge in [0, 0.05) is 45.3 Å². The molecule has 2 N–H and O–H groups in total. The van der Waals surface area contributed by atoms with Crippen molar-refractivity contribution >= 4 is 5.91 Å². The third-order valence-electron chi connectivity index (χ3n) is 4.45. The molecule has 0 spiro atoms. The van der Waals surface area contributed by atoms with Crippen LogP contribution in [-0.4, -0.2) is 73.6 Å². The van der Waals surface area contributed by atoms with Gasteiger partial charge in [-0.15, -0.1) is 0 Å². The van der Waals surface area contributed by atoms with Crippen molar-refractivity contribution in [3.05, 3.63) is 0 Å². The average molecular weight is 252 g/mol. The first-order valence-electron chi connectivity index (χ1n) is 7.31. The van der Waals surface area contributed by atoms with E-state index in [-0.39, 0.29) is 6.04 Å². The van der Waals surface area contributed by atoms with Gasteiger partial charge in [-0.2, -0.15) is 0 Å². The van der Waals surface area contributed by atoms with Gasteiger partial charge in [0.15, 0.2) is 0 Å². The molecule has 0 aromatic carbocycles. The van der Waals surface area contributed by atoms with Gasteiger partial charge in [0.2, 0.25) is 5.91 Å². The van der Waals surface area contributed by atoms with E-state index in [2.05, 4.69) is 20.4 Å². The molecule has 3 heterocycles. The summed E-state index contributed by atoms with van der Waals surface area (Å²) in [6.07, 6.45) is 3.69. The van der Waals surface area contributed by atoms with Crippen molar-refractivity contribution in [2.45, 2.75) is 31.3 Å². The van der Waals surface area contributed by atoms with Gasteiger partial charge in [0.1, 0.15) is 0 Å². The maximum Gasteiger partial charge on any atom is 0.241 e. The Hall–Kier alpha value is -0.650. The Balaban J connectivity index is 1.61. The normalized spacial score (nSPS) is 34.1. The third kappa shape index (κ3) is 2.53. The second-order valence-corrected chi connectivity index (χ2v) is 5.68. The first-order chi connectivity index (χ1) is 8.84. The average Bonchev–Trinajstić information content (AvgIpc) is 2.76. The molecule has 3 saturated heterocycles. The molecule has 0 bridgehead atoms. The fraction of sp³-hybridized carbons (Fsp3) is 0.923. The zero-order valence-electron chi connectivity index (χ0n) is 11.0. The van der Waals surface area contributed by atoms with Gasteiger partial charge in [0.05, 0.1) is 6.04 Å². The summed E-state index contributed by atoms with van der Waals surface area (Å²) in [7, 11) is 0. The van der Waals surface area contributed by atoms with Crippen LogP contribution in [0, 0.1) is 0 Å². The molecule has 1 amide bonds. The van der Waals surface area contributed by atoms with Gasteiger partial charge in [-0.25, -0.2) is 0 Å². The summed E-state index contributed by atoms with van der Waals surface area (Å²) in [5.74, 6) is 0.302. The van der Waals surface area contributed by atoms with Crippen LogP contribution in [0.4, 0.5) is 0 Å². The molecule has 3 aliphatic rings. The van der Waals surface area contributed by atoms with Crippen LogP contribution in [0.3, 0.4) is 0 Å². The number of nitrogens with one attached hydrogen (secondary N) is 2. The van der Waals surface area contributed by atoms with Crippen molar-refractivity contribution in [3.8, 4) is 0 Å². The fourth-order valence-corrected chi connectivity index (χ4v) is 3.46. The van der Waals surface area contributed by atoms with E-state index >= 15 is 0 Å². The Morgan fingerprint density at radius 3 is 2.83 bits per heavy atom. The lowest BCUT2D eigenvalue weighted by Gasteiger charge is -2.31. The summed E-state index contributed by atoms with van der Waals surface area (Å²) in [6.45, 7) is 6.94. The lowest BCUT2D eigenvalue weighted by molar-refractivity contribution is -0.133. The highest BCUT2D eigenvalue weighted by Crippen LogP contribution is 2.21. The molecule has 0 saturated carbocycles. The van der Waals surface area contributed by atoms with Crippen LogP contribution >= 0.6 is 0 Å². The fourth-order valence-electron chi connectivity index (χ4n) is 3.46. The van der Waals surface area contributed by atoms with Crippen LogP contribution < -0.4 is 10.6 Å². The van der Waals surface area contributed by atoms with Gasteiger partial charge in [-0.05, 0) is 25.8 Å². The molecule has 0 aromatic rings. The first-order valence-corrected chi connectivity index (χ1v) is 7.31. The standard InChI is InChI=1S/C13H24N4O/c18-13(12-9-14-4-5-15-12)17-8-2-7-16-6-1-3-11(16)10-17/h11-12,14-15H,1-10H2. The molecule has 3 aliphatic heterocycles. The topological polar surface area (TPSA) is 47.6 Å². The SMILES string of the molecule is O=C(C1CNCCN1)N1CCCN2CCCC2C1. The summed E-state index contributed by atoms with van der Waals surface area (Å²) in [5.41, 5.74) is 0. The molecule has 3 fully saturated rings. The predicted molar refractivity (Wildman–Crippen MR) is 70.5 cm³/mol. The molecule has 5 nitrogen and oxygen atoms in total. The number of piperazine rings is 1. The van der Waals surface area contributed by atoms with Crippen LogP contribution in [0.25, 0.3) is 0 Å². The number of hydrogen-bond acceptors (Lipinski definition) is 4. The van der Waals surface area contributed by atoms with Gasteiger partial charge < -0.3 is 15.5 Å². The molecular formula is C13H24N4O. The number of carbonyl (C=O) groups excluding carboxylic acids is 1. The van der Waals surface area contributed by atoms with Crippen molar-refractivity contribution in [2.24, 2.45) is 0 Å². The van der Waals surface area contributed by atoms with E-state index in [1.165, 1.54) is 25.9 Å². The largest absolute Gasteiger partial charge is 0.340 e. The van der Waals surface area contributed by atoms with Gasteiger partial charge in [0.25, 0.3) is 0 Å². The minimum atomic E-state index is -0.00768. The molecule has 0 radical (unpaired) electrons. The second-order valence-electron chi connectivity index (χ2n) is 5.68. The van der Waals surface area contributed by atoms with E-state index in [1.54, 1.807) is 0 Å². The van der Waals surface area contributed by atoms with E-state index in [9.17, 15) is 4.79 Å². The second kappa shape index (κ2) is 5.55. The third-order valence-corrected chi connectivity index (χ3v) is 4.45. The Kier molecular flexibility index (Phi) is 3.82. The van der Waals surface area contributed by atoms with E-state index in [4.69, 9.17) is 0 Å². The molecule has 5 heteroatoms. The zero-order chi connectivity index (χ0) is 12.4. The van der Waals surface area contributed by atoms with Crippen LogP contribution in [0.1, 0.15) is 19.3 Å². The van der Waals surface area contributed by atoms with Crippen molar-refractivity contribution in [1.82, 2.24) is 20.4 Å². The first kappa shape index (κ1) is 12.4. The maximum atomic E-state index is 12.5. The van der Waals surface area contributed by atoms with Crippen molar-refractivity contribution in [1.29, 1.82) is 0 Å². The van der Waals surface area contributed by atoms with Gasteiger partial charge >= 0.3 is 0 Å². The molecule has 2 unspecified atom stereocenters. The molecule has 2 atom stereocenters. The van der Waals surface area contributed by atoms with E-state index in [0.29, 0.717) is 11.9 Å². The highest BCUT2D eigenvalue weighted by atomic mass is 16.2. The summed E-state index contributed by atoms with van der Waals surface area (Å²) in [6, 6.07) is 0.611. The zero-order valence-corrected chi connectivity index (χ0v) is 11.0. The monoisotopic (exact) mass is 252 g/mol. The summed E-state index contributed by atoms with van der Waals surface area (Å²) in [5, 5.41) is 6.63. The quantitative estimate of drug-likeness (QED) is 0.644. The highest BCUT2D eigenvalue weighted by Gasteiger charge is 2.33. The van der Waals surface area contributed by atoms with Crippen LogP contribution in [0.5, 0.6) is 0 Å². The predicted octanol–water partition coefficient (Wildman–Crippen LogP) is -0.755. The minimum absolute atomic E-state index is 0.00768. The number of rotatable bonds is 1.